The summed E-state index contributed by atoms with van der Waals surface area (Å²) in [5.41, 5.74) is 11.8. The minimum atomic E-state index is 0.688. The zero-order chi connectivity index (χ0) is 14.1. The first kappa shape index (κ1) is 12.5. The van der Waals surface area contributed by atoms with Crippen LogP contribution >= 0.6 is 0 Å². The van der Waals surface area contributed by atoms with Crippen molar-refractivity contribution in [2.45, 2.75) is 6.92 Å². The van der Waals surface area contributed by atoms with Crippen LogP contribution in [0, 0.1) is 6.92 Å². The molecule has 3 rings (SSSR count). The van der Waals surface area contributed by atoms with Crippen LogP contribution in [0.3, 0.4) is 0 Å². The molecule has 0 radical (unpaired) electrons. The van der Waals surface area contributed by atoms with Crippen molar-refractivity contribution in [2.75, 3.05) is 5.73 Å². The highest BCUT2D eigenvalue weighted by Crippen LogP contribution is 2.31. The second-order valence-corrected chi connectivity index (χ2v) is 4.96. The van der Waals surface area contributed by atoms with Crippen molar-refractivity contribution < 1.29 is 0 Å². The summed E-state index contributed by atoms with van der Waals surface area (Å²) in [4.78, 5) is 0. The Morgan fingerprint density at radius 2 is 1.70 bits per heavy atom. The molecule has 0 unspecified atom stereocenters. The first-order valence-corrected chi connectivity index (χ1v) is 6.61. The molecule has 1 aromatic heterocycles. The van der Waals surface area contributed by atoms with E-state index in [2.05, 4.69) is 54.5 Å². The Labute approximate surface area is 118 Å². The standard InChI is InChI=1S/C17H17N3/c1-12-8-9-14(16-11-19-20(2)17(16)18)10-15(12)13-6-4-3-5-7-13/h3-11H,18H2,1-2H3. The fourth-order valence-electron chi connectivity index (χ4n) is 2.39. The van der Waals surface area contributed by atoms with Gasteiger partial charge in [0.15, 0.2) is 0 Å². The van der Waals surface area contributed by atoms with E-state index >= 15 is 0 Å². The number of nitrogens with zero attached hydrogens (tertiary/aromatic N) is 2. The molecule has 0 saturated heterocycles. The van der Waals surface area contributed by atoms with E-state index in [0.717, 1.165) is 11.1 Å². The average molecular weight is 263 g/mol. The second kappa shape index (κ2) is 4.85. The molecule has 0 aliphatic carbocycles. The number of benzene rings is 2. The van der Waals surface area contributed by atoms with Crippen molar-refractivity contribution in [3.8, 4) is 22.3 Å². The molecule has 0 saturated carbocycles. The van der Waals surface area contributed by atoms with Gasteiger partial charge in [0.2, 0.25) is 0 Å². The fraction of sp³-hybridized carbons (Fsp3) is 0.118. The molecule has 3 heteroatoms. The number of aryl methyl sites for hydroxylation is 2. The normalized spacial score (nSPS) is 10.7. The van der Waals surface area contributed by atoms with Crippen LogP contribution in [-0.4, -0.2) is 9.78 Å². The van der Waals surface area contributed by atoms with Gasteiger partial charge in [0.1, 0.15) is 5.82 Å². The number of rotatable bonds is 2. The molecule has 3 nitrogen and oxygen atoms in total. The largest absolute Gasteiger partial charge is 0.383 e. The lowest BCUT2D eigenvalue weighted by Crippen LogP contribution is -1.98. The highest BCUT2D eigenvalue weighted by molar-refractivity contribution is 5.79. The summed E-state index contributed by atoms with van der Waals surface area (Å²) in [5.74, 6) is 0.688. The number of aromatic nitrogens is 2. The zero-order valence-electron chi connectivity index (χ0n) is 11.7. The molecule has 0 atom stereocenters. The number of nitrogens with two attached hydrogens (primary N) is 1. The van der Waals surface area contributed by atoms with E-state index in [1.807, 2.05) is 19.3 Å². The third-order valence-corrected chi connectivity index (χ3v) is 3.62. The number of nitrogen functional groups attached to an aromatic ring is 1. The van der Waals surface area contributed by atoms with Crippen LogP contribution in [-0.2, 0) is 7.05 Å². The Kier molecular flexibility index (Phi) is 3.03. The van der Waals surface area contributed by atoms with Crippen molar-refractivity contribution >= 4 is 5.82 Å². The Morgan fingerprint density at radius 1 is 0.950 bits per heavy atom. The van der Waals surface area contributed by atoms with Crippen molar-refractivity contribution in [3.05, 3.63) is 60.3 Å². The van der Waals surface area contributed by atoms with Gasteiger partial charge in [-0.3, -0.25) is 4.68 Å². The zero-order valence-corrected chi connectivity index (χ0v) is 11.7. The molecule has 2 aromatic carbocycles. The molecule has 20 heavy (non-hydrogen) atoms. The quantitative estimate of drug-likeness (QED) is 0.767. The molecular formula is C17H17N3. The van der Waals surface area contributed by atoms with Crippen molar-refractivity contribution in [1.82, 2.24) is 9.78 Å². The fourth-order valence-corrected chi connectivity index (χ4v) is 2.39. The van der Waals surface area contributed by atoms with Gasteiger partial charge in [-0.05, 0) is 35.2 Å². The van der Waals surface area contributed by atoms with Crippen LogP contribution in [0.25, 0.3) is 22.3 Å². The highest BCUT2D eigenvalue weighted by Gasteiger charge is 2.10. The maximum absolute atomic E-state index is 6.06. The highest BCUT2D eigenvalue weighted by atomic mass is 15.3. The summed E-state index contributed by atoms with van der Waals surface area (Å²) in [7, 11) is 1.85. The van der Waals surface area contributed by atoms with Crippen LogP contribution in [0.5, 0.6) is 0 Å². The lowest BCUT2D eigenvalue weighted by atomic mass is 9.96. The summed E-state index contributed by atoms with van der Waals surface area (Å²) in [5, 5.41) is 4.21. The molecule has 100 valence electrons. The van der Waals surface area contributed by atoms with E-state index in [-0.39, 0.29) is 0 Å². The van der Waals surface area contributed by atoms with E-state index in [1.54, 1.807) is 4.68 Å². The van der Waals surface area contributed by atoms with Crippen molar-refractivity contribution in [2.24, 2.45) is 7.05 Å². The average Bonchev–Trinajstić information content (AvgIpc) is 2.81. The van der Waals surface area contributed by atoms with Gasteiger partial charge in [0.05, 0.1) is 6.20 Å². The SMILES string of the molecule is Cc1ccc(-c2cnn(C)c2N)cc1-c1ccccc1. The van der Waals surface area contributed by atoms with Crippen LogP contribution in [0.15, 0.2) is 54.7 Å². The summed E-state index contributed by atoms with van der Waals surface area (Å²) in [6.07, 6.45) is 1.81. The molecule has 0 spiro atoms. The van der Waals surface area contributed by atoms with Crippen LogP contribution in [0.2, 0.25) is 0 Å². The number of hydrogen-bond donors (Lipinski definition) is 1. The first-order valence-electron chi connectivity index (χ1n) is 6.61. The summed E-state index contributed by atoms with van der Waals surface area (Å²) in [6.45, 7) is 2.12. The Morgan fingerprint density at radius 3 is 2.35 bits per heavy atom. The van der Waals surface area contributed by atoms with E-state index in [9.17, 15) is 0 Å². The molecular weight excluding hydrogens is 246 g/mol. The van der Waals surface area contributed by atoms with Gasteiger partial charge in [-0.15, -0.1) is 0 Å². The summed E-state index contributed by atoms with van der Waals surface area (Å²) >= 11 is 0. The Bertz CT molecular complexity index is 742. The minimum absolute atomic E-state index is 0.688. The minimum Gasteiger partial charge on any atom is -0.383 e. The van der Waals surface area contributed by atoms with E-state index in [0.29, 0.717) is 5.82 Å². The molecule has 0 aliphatic heterocycles. The number of anilines is 1. The van der Waals surface area contributed by atoms with Gasteiger partial charge in [0, 0.05) is 12.6 Å². The molecule has 0 aliphatic rings. The van der Waals surface area contributed by atoms with Gasteiger partial charge in [-0.2, -0.15) is 5.10 Å². The van der Waals surface area contributed by atoms with Gasteiger partial charge < -0.3 is 5.73 Å². The second-order valence-electron chi connectivity index (χ2n) is 4.96. The Balaban J connectivity index is 2.14. The third kappa shape index (κ3) is 2.07. The molecule has 0 bridgehead atoms. The van der Waals surface area contributed by atoms with Crippen molar-refractivity contribution in [3.63, 3.8) is 0 Å². The van der Waals surface area contributed by atoms with Crippen molar-refractivity contribution in [1.29, 1.82) is 0 Å². The molecule has 1 heterocycles. The molecule has 2 N–H and O–H groups in total. The summed E-state index contributed by atoms with van der Waals surface area (Å²) < 4.78 is 1.69. The van der Waals surface area contributed by atoms with Gasteiger partial charge in [-0.25, -0.2) is 0 Å². The monoisotopic (exact) mass is 263 g/mol. The van der Waals surface area contributed by atoms with E-state index in [4.69, 9.17) is 5.73 Å². The van der Waals surface area contributed by atoms with Gasteiger partial charge in [-0.1, -0.05) is 42.5 Å². The topological polar surface area (TPSA) is 43.8 Å². The molecule has 0 fully saturated rings. The third-order valence-electron chi connectivity index (χ3n) is 3.62. The molecule has 3 aromatic rings. The van der Waals surface area contributed by atoms with E-state index < -0.39 is 0 Å². The van der Waals surface area contributed by atoms with Crippen LogP contribution in [0.4, 0.5) is 5.82 Å². The predicted octanol–water partition coefficient (Wildman–Crippen LogP) is 3.64. The van der Waals surface area contributed by atoms with Gasteiger partial charge >= 0.3 is 0 Å². The summed E-state index contributed by atoms with van der Waals surface area (Å²) in [6, 6.07) is 16.8. The van der Waals surface area contributed by atoms with E-state index in [1.165, 1.54) is 16.7 Å². The lowest BCUT2D eigenvalue weighted by Gasteiger charge is -2.09. The molecule has 0 amide bonds. The van der Waals surface area contributed by atoms with Crippen LogP contribution in [0.1, 0.15) is 5.56 Å². The van der Waals surface area contributed by atoms with Gasteiger partial charge in [0.25, 0.3) is 0 Å². The number of hydrogen-bond acceptors (Lipinski definition) is 2. The predicted molar refractivity (Wildman–Crippen MR) is 83.2 cm³/mol. The lowest BCUT2D eigenvalue weighted by molar-refractivity contribution is 0.779. The smallest absolute Gasteiger partial charge is 0.129 e. The maximum Gasteiger partial charge on any atom is 0.129 e. The maximum atomic E-state index is 6.06. The van der Waals surface area contributed by atoms with Crippen LogP contribution < -0.4 is 5.73 Å². The Hall–Kier alpha value is -2.55. The first-order chi connectivity index (χ1) is 9.66.